The number of thiophene rings is 4. The highest BCUT2D eigenvalue weighted by atomic mass is 32.1. The summed E-state index contributed by atoms with van der Waals surface area (Å²) in [6.45, 7) is 4.28. The molecule has 0 bridgehead atoms. The Bertz CT molecular complexity index is 3850. The first-order valence-electron chi connectivity index (χ1n) is 30.3. The molecule has 0 radical (unpaired) electrons. The minimum Gasteiger partial charge on any atom is -0.427 e. The average molecular weight is 1250 g/mol. The standard InChI is InChI=1S/C72H72N2O8S5/c1-49-43-44-59(68-67(49)73-87-74-68)60-46-52(28-12-4-24-40-64(76)80-56-33-17-8-18-34-56)70(84-60)62-48-54(30-14-6-26-42-66(78)82-58-37-21-10-22-38-58)72(86-62)71-53(29-13-5-25-41-65(77)81-57-35-19-9-20-36-57)47-61(85-71)69-51(45-50(2)83-69)27-11-3-23-39-63(75)79-55-31-15-7-16-32-55/h7-10,15-22,31-38,43-48H,3-6,11-14,23-30,39-42H2,1-2H3. The van der Waals surface area contributed by atoms with E-state index < -0.39 is 0 Å². The van der Waals surface area contributed by atoms with Crippen LogP contribution in [0, 0.1) is 13.8 Å². The molecule has 0 spiro atoms. The number of esters is 4. The molecule has 0 aliphatic carbocycles. The van der Waals surface area contributed by atoms with Crippen LogP contribution in [0.1, 0.15) is 135 Å². The Balaban J connectivity index is 0.939. The fourth-order valence-electron chi connectivity index (χ4n) is 10.7. The van der Waals surface area contributed by atoms with Crippen LogP contribution in [0.4, 0.5) is 0 Å². The van der Waals surface area contributed by atoms with Gasteiger partial charge < -0.3 is 18.9 Å². The number of aromatic nitrogens is 2. The smallest absolute Gasteiger partial charge is 0.311 e. The molecule has 0 amide bonds. The van der Waals surface area contributed by atoms with Gasteiger partial charge in [0.2, 0.25) is 0 Å². The predicted molar refractivity (Wildman–Crippen MR) is 357 cm³/mol. The summed E-state index contributed by atoms with van der Waals surface area (Å²) in [5.74, 6) is 1.41. The van der Waals surface area contributed by atoms with Crippen molar-refractivity contribution in [3.63, 3.8) is 0 Å². The van der Waals surface area contributed by atoms with E-state index >= 15 is 0 Å². The van der Waals surface area contributed by atoms with Crippen LogP contribution in [-0.4, -0.2) is 32.6 Å². The van der Waals surface area contributed by atoms with Crippen LogP contribution in [0.3, 0.4) is 0 Å². The van der Waals surface area contributed by atoms with Gasteiger partial charge in [-0.25, -0.2) is 0 Å². The molecule has 87 heavy (non-hydrogen) atoms. The minimum absolute atomic E-state index is 0.203. The van der Waals surface area contributed by atoms with Crippen molar-refractivity contribution in [2.24, 2.45) is 0 Å². The Labute approximate surface area is 530 Å². The van der Waals surface area contributed by atoms with Crippen molar-refractivity contribution < 1.29 is 38.1 Å². The normalized spacial score (nSPS) is 11.3. The molecule has 0 saturated carbocycles. The maximum absolute atomic E-state index is 13.0. The maximum Gasteiger partial charge on any atom is 0.311 e. The molecule has 0 aliphatic rings. The van der Waals surface area contributed by atoms with E-state index in [4.69, 9.17) is 27.7 Å². The zero-order valence-corrected chi connectivity index (χ0v) is 53.4. The van der Waals surface area contributed by atoms with Crippen molar-refractivity contribution in [1.29, 1.82) is 0 Å². The summed E-state index contributed by atoms with van der Waals surface area (Å²) < 4.78 is 32.0. The van der Waals surface area contributed by atoms with Gasteiger partial charge in [0.1, 0.15) is 34.0 Å². The number of hydrogen-bond donors (Lipinski definition) is 0. The summed E-state index contributed by atoms with van der Waals surface area (Å²) in [7, 11) is 0. The van der Waals surface area contributed by atoms with Crippen LogP contribution in [0.5, 0.6) is 23.0 Å². The first-order chi connectivity index (χ1) is 42.6. The SMILES string of the molecule is Cc1cc(CCCCCC(=O)Oc2ccccc2)c(-c2cc(CCCCCC(=O)Oc3ccccc3)c(-c3sc(-c4sc(-c5ccc(C)c6nsnc56)cc4CCCCCC(=O)Oc4ccccc4)cc3CCCCCC(=O)Oc3ccccc3)s2)s1. The molecular formula is C72H72N2O8S5. The van der Waals surface area contributed by atoms with Gasteiger partial charge in [-0.1, -0.05) is 111 Å². The van der Waals surface area contributed by atoms with Crippen molar-refractivity contribution in [3.8, 4) is 62.7 Å². The number of carbonyl (C=O) groups is 4. The number of para-hydroxylation sites is 4. The second kappa shape index (κ2) is 32.0. The Morgan fingerprint density at radius 3 is 1.08 bits per heavy atom. The van der Waals surface area contributed by atoms with Crippen LogP contribution in [0.25, 0.3) is 50.7 Å². The molecule has 10 aromatic rings. The molecule has 10 nitrogen and oxygen atoms in total. The van der Waals surface area contributed by atoms with E-state index in [1.807, 2.05) is 155 Å². The second-order valence-corrected chi connectivity index (χ2v) is 26.8. The molecule has 0 atom stereocenters. The molecule has 0 aliphatic heterocycles. The van der Waals surface area contributed by atoms with Crippen molar-refractivity contribution >= 4 is 92.0 Å². The minimum atomic E-state index is -0.220. The van der Waals surface area contributed by atoms with Gasteiger partial charge in [-0.05, 0) is 192 Å². The van der Waals surface area contributed by atoms with Gasteiger partial charge in [-0.2, -0.15) is 8.75 Å². The van der Waals surface area contributed by atoms with E-state index in [9.17, 15) is 19.2 Å². The van der Waals surface area contributed by atoms with E-state index in [0.29, 0.717) is 48.7 Å². The quantitative estimate of drug-likeness (QED) is 0.0228. The Kier molecular flexibility index (Phi) is 23.0. The Morgan fingerprint density at radius 1 is 0.345 bits per heavy atom. The van der Waals surface area contributed by atoms with Crippen LogP contribution in [-0.2, 0) is 44.9 Å². The lowest BCUT2D eigenvalue weighted by Crippen LogP contribution is -2.07. The van der Waals surface area contributed by atoms with Crippen LogP contribution >= 0.6 is 57.1 Å². The highest BCUT2D eigenvalue weighted by molar-refractivity contribution is 7.29. The molecule has 0 saturated heterocycles. The van der Waals surface area contributed by atoms with E-state index in [-0.39, 0.29) is 23.9 Å². The number of aryl methyl sites for hydroxylation is 6. The summed E-state index contributed by atoms with van der Waals surface area (Å²) >= 11 is 8.70. The zero-order valence-electron chi connectivity index (χ0n) is 49.4. The number of nitrogens with zero attached hydrogens (tertiary/aromatic N) is 2. The molecule has 5 aromatic heterocycles. The highest BCUT2D eigenvalue weighted by Crippen LogP contribution is 2.51. The lowest BCUT2D eigenvalue weighted by molar-refractivity contribution is -0.135. The van der Waals surface area contributed by atoms with E-state index in [0.717, 1.165) is 130 Å². The zero-order chi connectivity index (χ0) is 60.2. The molecular weight excluding hydrogens is 1180 g/mol. The van der Waals surface area contributed by atoms with Gasteiger partial charge in [0.05, 0.1) is 11.7 Å². The Morgan fingerprint density at radius 2 is 0.678 bits per heavy atom. The van der Waals surface area contributed by atoms with Gasteiger partial charge in [0.15, 0.2) is 0 Å². The van der Waals surface area contributed by atoms with Crippen LogP contribution < -0.4 is 18.9 Å². The fourth-order valence-corrected chi connectivity index (χ4v) is 16.5. The predicted octanol–water partition coefficient (Wildman–Crippen LogP) is 20.1. The fraction of sp³-hybridized carbons (Fsp3) is 0.306. The highest BCUT2D eigenvalue weighted by Gasteiger charge is 2.25. The average Bonchev–Trinajstić information content (AvgIpc) is 1.79. The topological polar surface area (TPSA) is 131 Å². The summed E-state index contributed by atoms with van der Waals surface area (Å²) in [5, 5.41) is 0. The van der Waals surface area contributed by atoms with Crippen molar-refractivity contribution in [2.75, 3.05) is 0 Å². The van der Waals surface area contributed by atoms with E-state index in [1.165, 1.54) is 68.1 Å². The number of ether oxygens (including phenoxy) is 4. The van der Waals surface area contributed by atoms with Crippen molar-refractivity contribution in [3.05, 3.63) is 190 Å². The largest absolute Gasteiger partial charge is 0.427 e. The summed E-state index contributed by atoms with van der Waals surface area (Å²) in [5.41, 5.74) is 9.27. The summed E-state index contributed by atoms with van der Waals surface area (Å²) in [4.78, 5) is 61.5. The molecule has 0 N–H and O–H groups in total. The van der Waals surface area contributed by atoms with Crippen molar-refractivity contribution in [2.45, 2.75) is 142 Å². The molecule has 15 heteroatoms. The molecule has 448 valence electrons. The van der Waals surface area contributed by atoms with Crippen LogP contribution in [0.2, 0.25) is 0 Å². The number of benzene rings is 5. The third-order valence-electron chi connectivity index (χ3n) is 15.1. The second-order valence-electron chi connectivity index (χ2n) is 21.9. The lowest BCUT2D eigenvalue weighted by atomic mass is 10.0. The summed E-state index contributed by atoms with van der Waals surface area (Å²) in [6, 6.07) is 51.0. The maximum atomic E-state index is 13.0. The third-order valence-corrected chi connectivity index (χ3v) is 20.8. The van der Waals surface area contributed by atoms with Gasteiger partial charge in [-0.3, -0.25) is 19.2 Å². The van der Waals surface area contributed by atoms with Gasteiger partial charge in [0.25, 0.3) is 0 Å². The van der Waals surface area contributed by atoms with Crippen LogP contribution in [0.15, 0.2) is 158 Å². The number of hydrogen-bond acceptors (Lipinski definition) is 15. The van der Waals surface area contributed by atoms with Gasteiger partial charge in [0, 0.05) is 70.3 Å². The number of unbranched alkanes of at least 4 members (excludes halogenated alkanes) is 8. The number of carbonyl (C=O) groups excluding carboxylic acids is 4. The number of fused-ring (bicyclic) bond motifs is 1. The first kappa shape index (κ1) is 62.6. The molecule has 0 unspecified atom stereocenters. The first-order valence-corrected chi connectivity index (χ1v) is 34.3. The van der Waals surface area contributed by atoms with E-state index in [2.05, 4.69) is 50.2 Å². The molecule has 5 heterocycles. The third kappa shape index (κ3) is 18.1. The Hall–Kier alpha value is -7.40. The van der Waals surface area contributed by atoms with Gasteiger partial charge >= 0.3 is 23.9 Å². The molecule has 0 fully saturated rings. The van der Waals surface area contributed by atoms with Crippen molar-refractivity contribution in [1.82, 2.24) is 8.75 Å². The monoisotopic (exact) mass is 1250 g/mol. The number of rotatable bonds is 32. The van der Waals surface area contributed by atoms with Gasteiger partial charge in [-0.15, -0.1) is 45.3 Å². The lowest BCUT2D eigenvalue weighted by Gasteiger charge is -2.07. The molecule has 5 aromatic carbocycles. The summed E-state index contributed by atoms with van der Waals surface area (Å²) in [6.07, 6.45) is 15.1. The molecule has 10 rings (SSSR count). The van der Waals surface area contributed by atoms with E-state index in [1.54, 1.807) is 12.1 Å².